The summed E-state index contributed by atoms with van der Waals surface area (Å²) in [6.45, 7) is 9.52. The van der Waals surface area contributed by atoms with E-state index in [4.69, 9.17) is 4.74 Å². The van der Waals surface area contributed by atoms with Crippen LogP contribution in [0, 0.1) is 23.1 Å². The lowest BCUT2D eigenvalue weighted by Gasteiger charge is -2.27. The lowest BCUT2D eigenvalue weighted by molar-refractivity contribution is -0.155. The standard InChI is InChI=1S/C27H35FN6O2/c1-7-8-9-22(17(2)12-24(35)36-27(3,4)5)32-26-21(28)13-19(15-29)25(33-26)31-20-11-10-18-16-30-34(6)23(18)14-20/h10-11,13-14,16-17,22H,7-9,12H2,1-6H3,(H2,31,32,33)/t17-,22-/m1/s1. The Balaban J connectivity index is 1.85. The topological polar surface area (TPSA) is 105 Å². The van der Waals surface area contributed by atoms with E-state index in [1.165, 1.54) is 6.07 Å². The van der Waals surface area contributed by atoms with Crippen LogP contribution in [-0.4, -0.2) is 32.4 Å². The van der Waals surface area contributed by atoms with Gasteiger partial charge >= 0.3 is 5.97 Å². The first-order valence-corrected chi connectivity index (χ1v) is 12.3. The highest BCUT2D eigenvalue weighted by Gasteiger charge is 2.25. The van der Waals surface area contributed by atoms with Crippen LogP contribution in [0.3, 0.4) is 0 Å². The van der Waals surface area contributed by atoms with Crippen molar-refractivity contribution in [3.8, 4) is 6.07 Å². The number of rotatable bonds is 10. The van der Waals surface area contributed by atoms with Gasteiger partial charge in [0.2, 0.25) is 0 Å². The van der Waals surface area contributed by atoms with E-state index in [1.54, 1.807) is 10.9 Å². The summed E-state index contributed by atoms with van der Waals surface area (Å²) in [5.74, 6) is -0.747. The van der Waals surface area contributed by atoms with Crippen LogP contribution < -0.4 is 10.6 Å². The molecule has 9 heteroatoms. The summed E-state index contributed by atoms with van der Waals surface area (Å²) >= 11 is 0. The fourth-order valence-electron chi connectivity index (χ4n) is 4.02. The fraction of sp³-hybridized carbons (Fsp3) is 0.481. The number of aromatic nitrogens is 3. The molecule has 0 amide bonds. The van der Waals surface area contributed by atoms with Crippen LogP contribution in [0.25, 0.3) is 10.9 Å². The number of benzene rings is 1. The molecule has 36 heavy (non-hydrogen) atoms. The first kappa shape index (κ1) is 26.9. The van der Waals surface area contributed by atoms with Crippen LogP contribution in [0.5, 0.6) is 0 Å². The Bertz CT molecular complexity index is 1260. The van der Waals surface area contributed by atoms with Gasteiger partial charge < -0.3 is 15.4 Å². The maximum Gasteiger partial charge on any atom is 0.306 e. The predicted molar refractivity (Wildman–Crippen MR) is 139 cm³/mol. The van der Waals surface area contributed by atoms with Crippen LogP contribution in [-0.2, 0) is 16.6 Å². The number of unbranched alkanes of at least 4 members (excludes halogenated alkanes) is 1. The number of hydrogen-bond donors (Lipinski definition) is 2. The number of carbonyl (C=O) groups excluding carboxylic acids is 1. The summed E-state index contributed by atoms with van der Waals surface area (Å²) in [5, 5.41) is 21.2. The van der Waals surface area contributed by atoms with Crippen molar-refractivity contribution in [2.75, 3.05) is 10.6 Å². The summed E-state index contributed by atoms with van der Waals surface area (Å²) in [4.78, 5) is 16.9. The zero-order valence-electron chi connectivity index (χ0n) is 21.9. The zero-order valence-corrected chi connectivity index (χ0v) is 21.9. The van der Waals surface area contributed by atoms with E-state index in [-0.39, 0.29) is 41.5 Å². The van der Waals surface area contributed by atoms with Gasteiger partial charge in [-0.05, 0) is 57.4 Å². The van der Waals surface area contributed by atoms with E-state index < -0.39 is 11.4 Å². The van der Waals surface area contributed by atoms with Gasteiger partial charge in [0.25, 0.3) is 0 Å². The highest BCUT2D eigenvalue weighted by atomic mass is 19.1. The van der Waals surface area contributed by atoms with E-state index >= 15 is 0 Å². The number of carbonyl (C=O) groups is 1. The van der Waals surface area contributed by atoms with Crippen molar-refractivity contribution in [2.45, 2.75) is 71.9 Å². The molecule has 3 aromatic rings. The number of esters is 1. The molecule has 2 heterocycles. The molecule has 0 bridgehead atoms. The minimum atomic E-state index is -0.620. The van der Waals surface area contributed by atoms with Crippen LogP contribution in [0.4, 0.5) is 21.7 Å². The molecular weight excluding hydrogens is 459 g/mol. The minimum Gasteiger partial charge on any atom is -0.460 e. The lowest BCUT2D eigenvalue weighted by atomic mass is 9.93. The molecule has 0 aliphatic heterocycles. The number of halogens is 1. The van der Waals surface area contributed by atoms with Crippen molar-refractivity contribution < 1.29 is 13.9 Å². The van der Waals surface area contributed by atoms with Gasteiger partial charge in [0.05, 0.1) is 23.7 Å². The largest absolute Gasteiger partial charge is 0.460 e. The van der Waals surface area contributed by atoms with E-state index in [1.807, 2.05) is 59.0 Å². The molecule has 0 fully saturated rings. The molecule has 0 saturated carbocycles. The average Bonchev–Trinajstić information content (AvgIpc) is 3.17. The van der Waals surface area contributed by atoms with Gasteiger partial charge in [0.15, 0.2) is 17.5 Å². The Kier molecular flexibility index (Phi) is 8.51. The van der Waals surface area contributed by atoms with Crippen LogP contribution in [0.2, 0.25) is 0 Å². The number of nitriles is 1. The normalized spacial score (nSPS) is 13.2. The van der Waals surface area contributed by atoms with Crippen LogP contribution in [0.1, 0.15) is 65.9 Å². The molecule has 0 aliphatic rings. The molecule has 0 spiro atoms. The van der Waals surface area contributed by atoms with Crippen molar-refractivity contribution >= 4 is 34.2 Å². The number of nitrogens with zero attached hydrogens (tertiary/aromatic N) is 4. The second kappa shape index (κ2) is 11.4. The van der Waals surface area contributed by atoms with Crippen molar-refractivity contribution in [3.05, 3.63) is 41.8 Å². The van der Waals surface area contributed by atoms with Crippen molar-refractivity contribution in [1.82, 2.24) is 14.8 Å². The predicted octanol–water partition coefficient (Wildman–Crippen LogP) is 6.06. The third-order valence-electron chi connectivity index (χ3n) is 5.89. The molecule has 2 N–H and O–H groups in total. The van der Waals surface area contributed by atoms with Crippen molar-refractivity contribution in [1.29, 1.82) is 5.26 Å². The Labute approximate surface area is 211 Å². The summed E-state index contributed by atoms with van der Waals surface area (Å²) in [5.41, 5.74) is 1.14. The van der Waals surface area contributed by atoms with E-state index in [0.29, 0.717) is 5.69 Å². The number of aryl methyl sites for hydroxylation is 1. The number of anilines is 3. The Morgan fingerprint density at radius 1 is 1.28 bits per heavy atom. The average molecular weight is 495 g/mol. The van der Waals surface area contributed by atoms with Gasteiger partial charge in [-0.3, -0.25) is 9.48 Å². The lowest BCUT2D eigenvalue weighted by Crippen LogP contribution is -2.32. The monoisotopic (exact) mass is 494 g/mol. The fourth-order valence-corrected chi connectivity index (χ4v) is 4.02. The second-order valence-electron chi connectivity index (χ2n) is 10.2. The van der Waals surface area contributed by atoms with Crippen molar-refractivity contribution in [2.24, 2.45) is 13.0 Å². The molecule has 0 radical (unpaired) electrons. The Morgan fingerprint density at radius 2 is 2.03 bits per heavy atom. The second-order valence-corrected chi connectivity index (χ2v) is 10.2. The molecule has 1 aromatic carbocycles. The number of fused-ring (bicyclic) bond motifs is 1. The summed E-state index contributed by atoms with van der Waals surface area (Å²) in [6, 6.07) is 8.66. The summed E-state index contributed by atoms with van der Waals surface area (Å²) in [7, 11) is 1.85. The molecule has 2 aromatic heterocycles. The van der Waals surface area contributed by atoms with E-state index in [9.17, 15) is 14.4 Å². The van der Waals surface area contributed by atoms with Gasteiger partial charge in [0.1, 0.15) is 11.7 Å². The molecule has 8 nitrogen and oxygen atoms in total. The minimum absolute atomic E-state index is 0.0373. The third kappa shape index (κ3) is 6.94. The first-order chi connectivity index (χ1) is 17.0. The van der Waals surface area contributed by atoms with E-state index in [2.05, 4.69) is 27.6 Å². The van der Waals surface area contributed by atoms with Crippen LogP contribution >= 0.6 is 0 Å². The smallest absolute Gasteiger partial charge is 0.306 e. The zero-order chi connectivity index (χ0) is 26.5. The summed E-state index contributed by atoms with van der Waals surface area (Å²) < 4.78 is 22.2. The Hall–Kier alpha value is -3.67. The molecule has 0 aliphatic carbocycles. The highest BCUT2D eigenvalue weighted by molar-refractivity contribution is 5.83. The van der Waals surface area contributed by atoms with E-state index in [0.717, 1.165) is 30.2 Å². The number of hydrogen-bond acceptors (Lipinski definition) is 7. The van der Waals surface area contributed by atoms with Gasteiger partial charge in [-0.1, -0.05) is 26.7 Å². The SMILES string of the molecule is CCCC[C@@H](Nc1nc(Nc2ccc3cnn(C)c3c2)c(C#N)cc1F)[C@H](C)CC(=O)OC(C)(C)C. The van der Waals surface area contributed by atoms with Gasteiger partial charge in [-0.25, -0.2) is 9.37 Å². The number of ether oxygens (including phenoxy) is 1. The molecular formula is C27H35FN6O2. The molecule has 0 unspecified atom stereocenters. The highest BCUT2D eigenvalue weighted by Crippen LogP contribution is 2.28. The summed E-state index contributed by atoms with van der Waals surface area (Å²) in [6.07, 6.45) is 4.58. The van der Waals surface area contributed by atoms with Crippen LogP contribution in [0.15, 0.2) is 30.5 Å². The van der Waals surface area contributed by atoms with Crippen molar-refractivity contribution in [3.63, 3.8) is 0 Å². The quantitative estimate of drug-likeness (QED) is 0.330. The molecule has 3 rings (SSSR count). The Morgan fingerprint density at radius 3 is 2.69 bits per heavy atom. The molecule has 2 atom stereocenters. The molecule has 0 saturated heterocycles. The van der Waals surface area contributed by atoms with Gasteiger partial charge in [0, 0.05) is 24.2 Å². The number of nitrogens with one attached hydrogen (secondary N) is 2. The maximum absolute atomic E-state index is 15.0. The maximum atomic E-state index is 15.0. The molecule has 192 valence electrons. The first-order valence-electron chi connectivity index (χ1n) is 12.3. The van der Waals surface area contributed by atoms with Gasteiger partial charge in [-0.15, -0.1) is 0 Å². The third-order valence-corrected chi connectivity index (χ3v) is 5.89. The van der Waals surface area contributed by atoms with Gasteiger partial charge in [-0.2, -0.15) is 10.4 Å². The number of pyridine rings is 1.